The van der Waals surface area contributed by atoms with Crippen LogP contribution in [0.2, 0.25) is 0 Å². The Labute approximate surface area is 107 Å². The van der Waals surface area contributed by atoms with E-state index in [9.17, 15) is 13.2 Å². The van der Waals surface area contributed by atoms with Crippen molar-refractivity contribution in [2.75, 3.05) is 6.61 Å². The van der Waals surface area contributed by atoms with Gasteiger partial charge in [-0.15, -0.1) is 4.83 Å². The number of ether oxygens (including phenoxy) is 1. The van der Waals surface area contributed by atoms with Crippen LogP contribution in [0.15, 0.2) is 33.6 Å². The summed E-state index contributed by atoms with van der Waals surface area (Å²) in [4.78, 5) is 12.9. The summed E-state index contributed by atoms with van der Waals surface area (Å²) in [6, 6.07) is 6.24. The first kappa shape index (κ1) is 13.9. The summed E-state index contributed by atoms with van der Waals surface area (Å²) in [5.74, 6) is 0. The Balaban J connectivity index is 2.77. The fourth-order valence-corrected chi connectivity index (χ4v) is 2.83. The fraction of sp³-hybridized carbons (Fsp3) is 0.222. The van der Waals surface area contributed by atoms with Crippen molar-refractivity contribution in [3.63, 3.8) is 0 Å². The maximum Gasteiger partial charge on any atom is 0.422 e. The molecule has 6 nitrogen and oxygen atoms in total. The zero-order chi connectivity index (χ0) is 12.9. The van der Waals surface area contributed by atoms with Gasteiger partial charge in [-0.25, -0.2) is 18.6 Å². The number of nitrogens with one attached hydrogen (secondary N) is 2. The molecule has 0 radical (unpaired) electrons. The van der Waals surface area contributed by atoms with E-state index in [-0.39, 0.29) is 11.5 Å². The van der Waals surface area contributed by atoms with Crippen molar-refractivity contribution in [2.24, 2.45) is 0 Å². The molecule has 0 unspecified atom stereocenters. The molecule has 0 aliphatic carbocycles. The number of hydrogen-bond donors (Lipinski definition) is 2. The topological polar surface area (TPSA) is 84.5 Å². The minimum atomic E-state index is -3.81. The molecular formula is C9H11BrN2O4S. The number of rotatable bonds is 4. The lowest BCUT2D eigenvalue weighted by Gasteiger charge is -2.09. The van der Waals surface area contributed by atoms with Crippen molar-refractivity contribution in [2.45, 2.75) is 11.8 Å². The number of hydrogen-bond acceptors (Lipinski definition) is 4. The summed E-state index contributed by atoms with van der Waals surface area (Å²) < 4.78 is 28.4. The number of carbonyl (C=O) groups is 1. The van der Waals surface area contributed by atoms with Gasteiger partial charge in [0.25, 0.3) is 10.0 Å². The highest BCUT2D eigenvalue weighted by Crippen LogP contribution is 2.20. The highest BCUT2D eigenvalue weighted by Gasteiger charge is 2.17. The predicted molar refractivity (Wildman–Crippen MR) is 64.6 cm³/mol. The zero-order valence-electron chi connectivity index (χ0n) is 8.94. The summed E-state index contributed by atoms with van der Waals surface area (Å²) in [5, 5.41) is 0. The van der Waals surface area contributed by atoms with E-state index in [1.807, 2.05) is 10.3 Å². The second kappa shape index (κ2) is 5.99. The maximum atomic E-state index is 11.8. The van der Waals surface area contributed by atoms with Gasteiger partial charge in [0.15, 0.2) is 0 Å². The molecule has 8 heteroatoms. The van der Waals surface area contributed by atoms with Gasteiger partial charge in [-0.1, -0.05) is 12.1 Å². The summed E-state index contributed by atoms with van der Waals surface area (Å²) in [5.41, 5.74) is 1.93. The molecule has 1 aromatic rings. The Morgan fingerprint density at radius 2 is 2.06 bits per heavy atom. The molecule has 0 fully saturated rings. The molecular weight excluding hydrogens is 312 g/mol. The van der Waals surface area contributed by atoms with Crippen LogP contribution in [0, 0.1) is 0 Å². The average molecular weight is 323 g/mol. The van der Waals surface area contributed by atoms with Crippen molar-refractivity contribution >= 4 is 32.0 Å². The number of hydrazine groups is 1. The second-order valence-electron chi connectivity index (χ2n) is 2.88. The number of carbonyl (C=O) groups excluding carboxylic acids is 1. The third-order valence-corrected chi connectivity index (χ3v) is 3.95. The summed E-state index contributed by atoms with van der Waals surface area (Å²) in [7, 11) is -3.81. The van der Waals surface area contributed by atoms with Gasteiger partial charge in [-0.05, 0) is 35.0 Å². The molecule has 0 aromatic heterocycles. The third-order valence-electron chi connectivity index (χ3n) is 1.69. The van der Waals surface area contributed by atoms with Crippen LogP contribution in [0.5, 0.6) is 0 Å². The third kappa shape index (κ3) is 3.99. The van der Waals surface area contributed by atoms with Crippen LogP contribution in [0.4, 0.5) is 4.79 Å². The van der Waals surface area contributed by atoms with Gasteiger partial charge in [0.2, 0.25) is 0 Å². The van der Waals surface area contributed by atoms with E-state index < -0.39 is 16.1 Å². The van der Waals surface area contributed by atoms with E-state index >= 15 is 0 Å². The van der Waals surface area contributed by atoms with Crippen LogP contribution in [0.25, 0.3) is 0 Å². The van der Waals surface area contributed by atoms with Gasteiger partial charge in [0, 0.05) is 4.47 Å². The van der Waals surface area contributed by atoms with Crippen LogP contribution >= 0.6 is 15.9 Å². The van der Waals surface area contributed by atoms with Crippen molar-refractivity contribution in [1.29, 1.82) is 0 Å². The predicted octanol–water partition coefficient (Wildman–Crippen LogP) is 1.39. The van der Waals surface area contributed by atoms with Crippen LogP contribution in [0.3, 0.4) is 0 Å². The molecule has 0 bridgehead atoms. The number of amides is 1. The molecule has 0 saturated carbocycles. The first-order valence-electron chi connectivity index (χ1n) is 4.66. The minimum absolute atomic E-state index is 0.0248. The first-order chi connectivity index (χ1) is 7.97. The van der Waals surface area contributed by atoms with Crippen molar-refractivity contribution in [3.8, 4) is 0 Å². The summed E-state index contributed by atoms with van der Waals surface area (Å²) >= 11 is 3.11. The summed E-state index contributed by atoms with van der Waals surface area (Å²) in [6.45, 7) is 1.77. The first-order valence-corrected chi connectivity index (χ1v) is 6.94. The Kier molecular flexibility index (Phi) is 4.91. The van der Waals surface area contributed by atoms with E-state index in [0.717, 1.165) is 0 Å². The monoisotopic (exact) mass is 322 g/mol. The van der Waals surface area contributed by atoms with Gasteiger partial charge in [0.05, 0.1) is 11.5 Å². The molecule has 1 amide bonds. The van der Waals surface area contributed by atoms with Crippen LogP contribution < -0.4 is 10.3 Å². The SMILES string of the molecule is CCOC(=O)NNS(=O)(=O)c1ccccc1Br. The molecule has 1 rings (SSSR count). The Hall–Kier alpha value is -1.12. The van der Waals surface area contributed by atoms with Crippen molar-refractivity contribution in [1.82, 2.24) is 10.3 Å². The van der Waals surface area contributed by atoms with Gasteiger partial charge >= 0.3 is 6.09 Å². The van der Waals surface area contributed by atoms with E-state index in [1.54, 1.807) is 25.1 Å². The smallest absolute Gasteiger partial charge is 0.422 e. The maximum absolute atomic E-state index is 11.8. The fourth-order valence-electron chi connectivity index (χ4n) is 0.994. The lowest BCUT2D eigenvalue weighted by Crippen LogP contribution is -2.41. The number of halogens is 1. The minimum Gasteiger partial charge on any atom is -0.449 e. The normalized spacial score (nSPS) is 10.9. The molecule has 0 atom stereocenters. The Morgan fingerprint density at radius 3 is 2.65 bits per heavy atom. The highest BCUT2D eigenvalue weighted by molar-refractivity contribution is 9.10. The quantitative estimate of drug-likeness (QED) is 0.820. The lowest BCUT2D eigenvalue weighted by atomic mass is 10.4. The molecule has 0 saturated heterocycles. The molecule has 17 heavy (non-hydrogen) atoms. The van der Waals surface area contributed by atoms with Crippen molar-refractivity contribution in [3.05, 3.63) is 28.7 Å². The van der Waals surface area contributed by atoms with E-state index in [0.29, 0.717) is 4.47 Å². The van der Waals surface area contributed by atoms with Gasteiger partial charge in [-0.3, -0.25) is 0 Å². The molecule has 0 heterocycles. The molecule has 0 aliphatic rings. The van der Waals surface area contributed by atoms with Crippen LogP contribution in [0.1, 0.15) is 6.92 Å². The molecule has 1 aromatic carbocycles. The molecule has 2 N–H and O–H groups in total. The molecule has 0 aliphatic heterocycles. The van der Waals surface area contributed by atoms with Gasteiger partial charge < -0.3 is 4.74 Å². The van der Waals surface area contributed by atoms with Gasteiger partial charge in [-0.2, -0.15) is 0 Å². The van der Waals surface area contributed by atoms with Gasteiger partial charge in [0.1, 0.15) is 0 Å². The second-order valence-corrected chi connectivity index (χ2v) is 5.39. The Morgan fingerprint density at radius 1 is 1.41 bits per heavy atom. The number of sulfonamides is 1. The zero-order valence-corrected chi connectivity index (χ0v) is 11.3. The number of benzene rings is 1. The van der Waals surface area contributed by atoms with E-state index in [4.69, 9.17) is 0 Å². The molecule has 0 spiro atoms. The summed E-state index contributed by atoms with van der Waals surface area (Å²) in [6.07, 6.45) is -0.858. The standard InChI is InChI=1S/C9H11BrN2O4S/c1-2-16-9(13)11-12-17(14,15)8-6-4-3-5-7(8)10/h3-6,12H,2H2,1H3,(H,11,13). The van der Waals surface area contributed by atoms with Crippen molar-refractivity contribution < 1.29 is 17.9 Å². The highest BCUT2D eigenvalue weighted by atomic mass is 79.9. The Bertz CT molecular complexity index is 503. The van der Waals surface area contributed by atoms with Crippen LogP contribution in [-0.2, 0) is 14.8 Å². The largest absolute Gasteiger partial charge is 0.449 e. The lowest BCUT2D eigenvalue weighted by molar-refractivity contribution is 0.150. The average Bonchev–Trinajstić information content (AvgIpc) is 2.27. The molecule has 94 valence electrons. The van der Waals surface area contributed by atoms with Crippen LogP contribution in [-0.4, -0.2) is 21.1 Å². The van der Waals surface area contributed by atoms with E-state index in [2.05, 4.69) is 20.7 Å². The van der Waals surface area contributed by atoms with E-state index in [1.165, 1.54) is 6.07 Å².